The van der Waals surface area contributed by atoms with E-state index in [1.807, 2.05) is 0 Å². The number of phosphoric ester groups is 1. The number of aliphatic hydroxyl groups excluding tert-OH is 1. The maximum atomic E-state index is 11.7. The largest absolute Gasteiger partial charge is 0.480 e. The van der Waals surface area contributed by atoms with Gasteiger partial charge in [-0.1, -0.05) is 49.8 Å². The van der Waals surface area contributed by atoms with Crippen molar-refractivity contribution in [2.45, 2.75) is 70.4 Å². The third-order valence-corrected chi connectivity index (χ3v) is 5.08. The molecule has 0 amide bonds. The summed E-state index contributed by atoms with van der Waals surface area (Å²) in [6.45, 7) is 0.326. The van der Waals surface area contributed by atoms with E-state index in [9.17, 15) is 24.2 Å². The number of unbranched alkanes of at least 4 members (excludes halogenated alkanes) is 3. The number of ether oxygens (including phenoxy) is 1. The molecule has 0 aliphatic heterocycles. The third kappa shape index (κ3) is 20.5. The smallest absolute Gasteiger partial charge is 0.472 e. The number of hydrogen-bond acceptors (Lipinski definition) is 8. The Morgan fingerprint density at radius 3 is 2.18 bits per heavy atom. The summed E-state index contributed by atoms with van der Waals surface area (Å²) in [6, 6.07) is -1.49. The Balaban J connectivity index is 3.76. The minimum absolute atomic E-state index is 0.208. The Bertz CT molecular complexity index is 679. The fourth-order valence-corrected chi connectivity index (χ4v) is 3.09. The molecule has 0 aromatic heterocycles. The van der Waals surface area contributed by atoms with E-state index in [0.717, 1.165) is 38.5 Å². The maximum Gasteiger partial charge on any atom is 0.472 e. The standard InChI is InChI=1S/C22H38NO9P/c1-2-3-4-5-6-7-8-9-10-11-12-13-14-15-21(25)30-16-19(24)17-31-33(28,29)32-18-20(23)22(26)27/h3-4,6-7,9-10,19-20,24H,2,5,8,11-18,23H2,1H3,(H,26,27)(H,28,29)/b4-3-,7-6-,10-9-. The number of aliphatic carboxylic acids is 1. The molecule has 0 spiro atoms. The molecule has 0 radical (unpaired) electrons. The SMILES string of the molecule is CC/C=C\C/C=C\C/C=C\CCCCCC(=O)OCC(O)COP(=O)(O)OCC(N)C(=O)O. The van der Waals surface area contributed by atoms with Crippen LogP contribution < -0.4 is 5.73 Å². The van der Waals surface area contributed by atoms with E-state index in [4.69, 9.17) is 15.6 Å². The van der Waals surface area contributed by atoms with Gasteiger partial charge in [0.25, 0.3) is 0 Å². The Labute approximate surface area is 195 Å². The lowest BCUT2D eigenvalue weighted by Gasteiger charge is -2.16. The van der Waals surface area contributed by atoms with Gasteiger partial charge in [0, 0.05) is 6.42 Å². The van der Waals surface area contributed by atoms with Gasteiger partial charge in [-0.25, -0.2) is 4.57 Å². The number of allylic oxidation sites excluding steroid dienone is 6. The molecule has 0 aromatic carbocycles. The molecule has 3 atom stereocenters. The Kier molecular flexibility index (Phi) is 18.6. The van der Waals surface area contributed by atoms with Crippen LogP contribution >= 0.6 is 7.82 Å². The molecule has 0 heterocycles. The van der Waals surface area contributed by atoms with E-state index < -0.39 is 51.7 Å². The lowest BCUT2D eigenvalue weighted by atomic mass is 10.1. The first kappa shape index (κ1) is 31.2. The van der Waals surface area contributed by atoms with Gasteiger partial charge in [-0.05, 0) is 38.5 Å². The summed E-state index contributed by atoms with van der Waals surface area (Å²) < 4.78 is 25.4. The highest BCUT2D eigenvalue weighted by Gasteiger charge is 2.26. The number of carbonyl (C=O) groups is 2. The number of carboxylic acid groups (broad SMARTS) is 1. The van der Waals surface area contributed by atoms with Crippen molar-refractivity contribution in [3.8, 4) is 0 Å². The number of carboxylic acids is 1. The van der Waals surface area contributed by atoms with E-state index in [1.165, 1.54) is 0 Å². The van der Waals surface area contributed by atoms with Gasteiger partial charge in [-0.15, -0.1) is 0 Å². The maximum absolute atomic E-state index is 11.7. The second-order valence-corrected chi connectivity index (χ2v) is 8.69. The molecule has 5 N–H and O–H groups in total. The fourth-order valence-electron chi connectivity index (χ4n) is 2.31. The Morgan fingerprint density at radius 2 is 1.55 bits per heavy atom. The van der Waals surface area contributed by atoms with Crippen LogP contribution in [0.2, 0.25) is 0 Å². The molecule has 33 heavy (non-hydrogen) atoms. The fraction of sp³-hybridized carbons (Fsp3) is 0.636. The van der Waals surface area contributed by atoms with Crippen molar-refractivity contribution in [3.63, 3.8) is 0 Å². The van der Waals surface area contributed by atoms with Crippen LogP contribution in [0.3, 0.4) is 0 Å². The molecule has 10 nitrogen and oxygen atoms in total. The molecule has 0 aromatic rings. The lowest BCUT2D eigenvalue weighted by molar-refractivity contribution is -0.147. The topological polar surface area (TPSA) is 166 Å². The van der Waals surface area contributed by atoms with Crippen LogP contribution in [0.25, 0.3) is 0 Å². The summed E-state index contributed by atoms with van der Waals surface area (Å²) in [5.41, 5.74) is 5.14. The van der Waals surface area contributed by atoms with Crippen LogP contribution in [0.4, 0.5) is 0 Å². The third-order valence-electron chi connectivity index (χ3n) is 4.13. The van der Waals surface area contributed by atoms with Crippen molar-refractivity contribution in [1.29, 1.82) is 0 Å². The van der Waals surface area contributed by atoms with Crippen molar-refractivity contribution >= 4 is 19.8 Å². The predicted octanol–water partition coefficient (Wildman–Crippen LogP) is 3.25. The number of carbonyl (C=O) groups excluding carboxylic acids is 1. The Hall–Kier alpha value is -1.81. The molecule has 0 saturated carbocycles. The molecule has 0 rings (SSSR count). The number of hydrogen-bond donors (Lipinski definition) is 4. The number of aliphatic hydroxyl groups is 1. The van der Waals surface area contributed by atoms with E-state index >= 15 is 0 Å². The lowest BCUT2D eigenvalue weighted by Crippen LogP contribution is -2.34. The minimum Gasteiger partial charge on any atom is -0.480 e. The molecule has 0 fully saturated rings. The van der Waals surface area contributed by atoms with Crippen LogP contribution in [-0.4, -0.2) is 59.0 Å². The average Bonchev–Trinajstić information content (AvgIpc) is 2.77. The molecular weight excluding hydrogens is 453 g/mol. The number of nitrogens with two attached hydrogens (primary N) is 1. The summed E-state index contributed by atoms with van der Waals surface area (Å²) in [4.78, 5) is 31.6. The highest BCUT2D eigenvalue weighted by atomic mass is 31.2. The summed E-state index contributed by atoms with van der Waals surface area (Å²) >= 11 is 0. The zero-order valence-electron chi connectivity index (χ0n) is 19.2. The van der Waals surface area contributed by atoms with Crippen LogP contribution in [-0.2, 0) is 27.9 Å². The van der Waals surface area contributed by atoms with Crippen molar-refractivity contribution < 1.29 is 43.0 Å². The molecule has 0 saturated heterocycles. The first-order chi connectivity index (χ1) is 15.7. The molecule has 3 unspecified atom stereocenters. The van der Waals surface area contributed by atoms with Crippen LogP contribution in [0.5, 0.6) is 0 Å². The second-order valence-electron chi connectivity index (χ2n) is 7.23. The quantitative estimate of drug-likeness (QED) is 0.0859. The summed E-state index contributed by atoms with van der Waals surface area (Å²) in [6.07, 6.45) is 18.0. The van der Waals surface area contributed by atoms with Crippen molar-refractivity contribution in [1.82, 2.24) is 0 Å². The summed E-state index contributed by atoms with van der Waals surface area (Å²) in [5, 5.41) is 18.3. The zero-order chi connectivity index (χ0) is 25.0. The summed E-state index contributed by atoms with van der Waals surface area (Å²) in [7, 11) is -4.59. The molecule has 0 bridgehead atoms. The number of phosphoric acid groups is 1. The first-order valence-electron chi connectivity index (χ1n) is 11.1. The van der Waals surface area contributed by atoms with Crippen molar-refractivity contribution in [3.05, 3.63) is 36.5 Å². The van der Waals surface area contributed by atoms with Crippen LogP contribution in [0.1, 0.15) is 58.3 Å². The van der Waals surface area contributed by atoms with Gasteiger partial charge in [0.05, 0.1) is 13.2 Å². The van der Waals surface area contributed by atoms with E-state index in [1.54, 1.807) is 0 Å². The molecule has 11 heteroatoms. The van der Waals surface area contributed by atoms with Gasteiger partial charge in [0.1, 0.15) is 18.8 Å². The van der Waals surface area contributed by atoms with Gasteiger partial charge < -0.3 is 25.6 Å². The summed E-state index contributed by atoms with van der Waals surface area (Å²) in [5.74, 6) is -1.89. The Morgan fingerprint density at radius 1 is 0.939 bits per heavy atom. The van der Waals surface area contributed by atoms with E-state index in [2.05, 4.69) is 52.4 Å². The van der Waals surface area contributed by atoms with Gasteiger partial charge >= 0.3 is 19.8 Å². The predicted molar refractivity (Wildman–Crippen MR) is 124 cm³/mol. The number of rotatable bonds is 20. The van der Waals surface area contributed by atoms with E-state index in [0.29, 0.717) is 6.42 Å². The van der Waals surface area contributed by atoms with Gasteiger partial charge in [-0.2, -0.15) is 0 Å². The zero-order valence-corrected chi connectivity index (χ0v) is 20.1. The van der Waals surface area contributed by atoms with E-state index in [-0.39, 0.29) is 6.42 Å². The van der Waals surface area contributed by atoms with Gasteiger partial charge in [-0.3, -0.25) is 18.6 Å². The average molecular weight is 492 g/mol. The van der Waals surface area contributed by atoms with Crippen molar-refractivity contribution in [2.75, 3.05) is 19.8 Å². The molecular formula is C22H38NO9P. The van der Waals surface area contributed by atoms with Gasteiger partial charge in [0.15, 0.2) is 0 Å². The number of esters is 1. The molecule has 190 valence electrons. The highest BCUT2D eigenvalue weighted by molar-refractivity contribution is 7.47. The monoisotopic (exact) mass is 491 g/mol. The molecule has 0 aliphatic carbocycles. The second kappa shape index (κ2) is 19.6. The molecule has 0 aliphatic rings. The van der Waals surface area contributed by atoms with Crippen LogP contribution in [0.15, 0.2) is 36.5 Å². The normalized spacial score (nSPS) is 15.8. The van der Waals surface area contributed by atoms with Gasteiger partial charge in [0.2, 0.25) is 0 Å². The van der Waals surface area contributed by atoms with Crippen molar-refractivity contribution in [2.24, 2.45) is 5.73 Å². The first-order valence-corrected chi connectivity index (χ1v) is 12.6. The minimum atomic E-state index is -4.59. The van der Waals surface area contributed by atoms with Crippen LogP contribution in [0, 0.1) is 0 Å². The highest BCUT2D eigenvalue weighted by Crippen LogP contribution is 2.43.